The van der Waals surface area contributed by atoms with Crippen molar-refractivity contribution >= 4 is 27.5 Å². The number of thiophene rings is 1. The Kier molecular flexibility index (Phi) is 2.84. The summed E-state index contributed by atoms with van der Waals surface area (Å²) < 4.78 is 5.28. The number of carbonyl (C=O) groups is 1. The Morgan fingerprint density at radius 3 is 2.88 bits per heavy atom. The molecule has 0 bridgehead atoms. The van der Waals surface area contributed by atoms with Crippen LogP contribution in [0.25, 0.3) is 10.2 Å². The zero-order valence-corrected chi connectivity index (χ0v) is 10.1. The Balaban J connectivity index is 2.71. The predicted octanol–water partition coefficient (Wildman–Crippen LogP) is 0.233. The van der Waals surface area contributed by atoms with Crippen molar-refractivity contribution in [2.24, 2.45) is 0 Å². The number of aromatic amines is 1. The Bertz CT molecular complexity index is 694. The zero-order valence-electron chi connectivity index (χ0n) is 9.27. The molecule has 0 fully saturated rings. The van der Waals surface area contributed by atoms with E-state index in [4.69, 9.17) is 0 Å². The summed E-state index contributed by atoms with van der Waals surface area (Å²) in [6, 6.07) is 0. The van der Waals surface area contributed by atoms with Gasteiger partial charge < -0.3 is 4.74 Å². The van der Waals surface area contributed by atoms with Crippen molar-refractivity contribution in [3.05, 3.63) is 31.8 Å². The monoisotopic (exact) mass is 254 g/mol. The summed E-state index contributed by atoms with van der Waals surface area (Å²) in [5, 5.41) is 2.23. The van der Waals surface area contributed by atoms with Gasteiger partial charge in [0.1, 0.15) is 11.4 Å². The molecule has 7 heteroatoms. The second kappa shape index (κ2) is 4.17. The summed E-state index contributed by atoms with van der Waals surface area (Å²) in [6.07, 6.45) is 0. The van der Waals surface area contributed by atoms with E-state index in [0.717, 1.165) is 10.1 Å². The van der Waals surface area contributed by atoms with Gasteiger partial charge in [0, 0.05) is 0 Å². The molecular weight excluding hydrogens is 244 g/mol. The first kappa shape index (κ1) is 11.6. The fourth-order valence-electron chi connectivity index (χ4n) is 1.53. The average molecular weight is 254 g/mol. The van der Waals surface area contributed by atoms with Gasteiger partial charge in [0.15, 0.2) is 0 Å². The molecule has 1 N–H and O–H groups in total. The molecule has 2 aromatic heterocycles. The van der Waals surface area contributed by atoms with E-state index in [1.165, 1.54) is 18.4 Å². The maximum atomic E-state index is 12.0. The molecule has 2 rings (SSSR count). The highest BCUT2D eigenvalue weighted by atomic mass is 32.1. The minimum absolute atomic E-state index is 0.379. The van der Waals surface area contributed by atoms with Crippen LogP contribution >= 0.6 is 11.3 Å². The van der Waals surface area contributed by atoms with Crippen molar-refractivity contribution in [1.82, 2.24) is 9.55 Å². The lowest BCUT2D eigenvalue weighted by atomic mass is 10.3. The van der Waals surface area contributed by atoms with Crippen LogP contribution in [0.15, 0.2) is 15.0 Å². The van der Waals surface area contributed by atoms with Gasteiger partial charge in [0.2, 0.25) is 0 Å². The molecule has 0 unspecified atom stereocenters. The number of H-pyrrole nitrogens is 1. The Labute approximate surface area is 99.5 Å². The van der Waals surface area contributed by atoms with Crippen LogP contribution in [0.5, 0.6) is 0 Å². The van der Waals surface area contributed by atoms with Crippen molar-refractivity contribution in [3.8, 4) is 0 Å². The van der Waals surface area contributed by atoms with Crippen molar-refractivity contribution in [3.63, 3.8) is 0 Å². The topological polar surface area (TPSA) is 81.2 Å². The van der Waals surface area contributed by atoms with E-state index in [1.807, 2.05) is 0 Å². The van der Waals surface area contributed by atoms with Crippen LogP contribution in [0.1, 0.15) is 5.56 Å². The fraction of sp³-hybridized carbons (Fsp3) is 0.300. The minimum atomic E-state index is -0.634. The molecule has 2 heterocycles. The molecule has 6 nitrogen and oxygen atoms in total. The molecule has 0 saturated carbocycles. The van der Waals surface area contributed by atoms with Gasteiger partial charge in [-0.2, -0.15) is 0 Å². The third kappa shape index (κ3) is 1.89. The highest BCUT2D eigenvalue weighted by Gasteiger charge is 2.13. The Morgan fingerprint density at radius 2 is 2.24 bits per heavy atom. The van der Waals surface area contributed by atoms with Crippen molar-refractivity contribution in [2.45, 2.75) is 13.5 Å². The molecule has 0 spiro atoms. The number of rotatable bonds is 2. The number of aromatic nitrogens is 2. The van der Waals surface area contributed by atoms with E-state index < -0.39 is 17.2 Å². The van der Waals surface area contributed by atoms with Gasteiger partial charge in [0.25, 0.3) is 5.56 Å². The quantitative estimate of drug-likeness (QED) is 0.778. The number of methoxy groups -OCH3 is 1. The summed E-state index contributed by atoms with van der Waals surface area (Å²) in [5.41, 5.74) is -0.285. The predicted molar refractivity (Wildman–Crippen MR) is 63.5 cm³/mol. The Hall–Kier alpha value is -1.89. The zero-order chi connectivity index (χ0) is 12.6. The van der Waals surface area contributed by atoms with E-state index in [0.29, 0.717) is 10.2 Å². The first-order valence-corrected chi connectivity index (χ1v) is 5.70. The van der Waals surface area contributed by atoms with Gasteiger partial charge in [-0.05, 0) is 17.9 Å². The smallest absolute Gasteiger partial charge is 0.329 e. The molecule has 0 aliphatic heterocycles. The number of nitrogens with zero attached hydrogens (tertiary/aromatic N) is 1. The Morgan fingerprint density at radius 1 is 1.53 bits per heavy atom. The lowest BCUT2D eigenvalue weighted by Gasteiger charge is -2.03. The molecule has 0 aliphatic carbocycles. The van der Waals surface area contributed by atoms with Crippen molar-refractivity contribution in [1.29, 1.82) is 0 Å². The third-order valence-electron chi connectivity index (χ3n) is 2.41. The van der Waals surface area contributed by atoms with Crippen LogP contribution in [0.3, 0.4) is 0 Å². The molecule has 0 radical (unpaired) electrons. The number of fused-ring (bicyclic) bond motifs is 1. The SMILES string of the molecule is COC(=O)Cn1c(=O)[nH]c2scc(C)c2c1=O. The van der Waals surface area contributed by atoms with Gasteiger partial charge in [-0.1, -0.05) is 0 Å². The standard InChI is InChI=1S/C10H10N2O4S/c1-5-4-17-8-7(5)9(14)12(10(15)11-8)3-6(13)16-2/h4H,3H2,1-2H3,(H,11,15). The number of aryl methyl sites for hydroxylation is 1. The fourth-order valence-corrected chi connectivity index (χ4v) is 2.46. The summed E-state index contributed by atoms with van der Waals surface area (Å²) in [7, 11) is 1.20. The lowest BCUT2D eigenvalue weighted by Crippen LogP contribution is -2.37. The van der Waals surface area contributed by atoms with Crippen LogP contribution in [0.2, 0.25) is 0 Å². The summed E-state index contributed by atoms with van der Waals surface area (Å²) in [5.74, 6) is -0.634. The van der Waals surface area contributed by atoms with E-state index >= 15 is 0 Å². The van der Waals surface area contributed by atoms with Gasteiger partial charge in [-0.25, -0.2) is 9.36 Å². The van der Waals surface area contributed by atoms with Crippen LogP contribution < -0.4 is 11.2 Å². The lowest BCUT2D eigenvalue weighted by molar-refractivity contribution is -0.141. The molecular formula is C10H10N2O4S. The maximum Gasteiger partial charge on any atom is 0.329 e. The van der Waals surface area contributed by atoms with Gasteiger partial charge in [0.05, 0.1) is 12.5 Å². The molecule has 17 heavy (non-hydrogen) atoms. The van der Waals surface area contributed by atoms with E-state index in [1.54, 1.807) is 12.3 Å². The highest BCUT2D eigenvalue weighted by Crippen LogP contribution is 2.18. The number of hydrogen-bond donors (Lipinski definition) is 1. The van der Waals surface area contributed by atoms with Crippen molar-refractivity contribution < 1.29 is 9.53 Å². The average Bonchev–Trinajstić information content (AvgIpc) is 2.65. The maximum absolute atomic E-state index is 12.0. The first-order chi connectivity index (χ1) is 8.04. The summed E-state index contributed by atoms with van der Waals surface area (Å²) >= 11 is 1.29. The molecule has 0 aromatic carbocycles. The molecule has 0 atom stereocenters. The van der Waals surface area contributed by atoms with Gasteiger partial charge in [-0.3, -0.25) is 14.6 Å². The highest BCUT2D eigenvalue weighted by molar-refractivity contribution is 7.16. The first-order valence-electron chi connectivity index (χ1n) is 4.82. The molecule has 90 valence electrons. The van der Waals surface area contributed by atoms with Crippen LogP contribution in [-0.2, 0) is 16.1 Å². The van der Waals surface area contributed by atoms with E-state index in [2.05, 4.69) is 9.72 Å². The second-order valence-electron chi connectivity index (χ2n) is 3.52. The van der Waals surface area contributed by atoms with Crippen molar-refractivity contribution in [2.75, 3.05) is 7.11 Å². The molecule has 0 amide bonds. The number of esters is 1. The largest absolute Gasteiger partial charge is 0.468 e. The van der Waals surface area contributed by atoms with Gasteiger partial charge >= 0.3 is 11.7 Å². The summed E-state index contributed by atoms with van der Waals surface area (Å²) in [6.45, 7) is 1.40. The molecule has 2 aromatic rings. The molecule has 0 aliphatic rings. The number of carbonyl (C=O) groups excluding carboxylic acids is 1. The number of ether oxygens (including phenoxy) is 1. The van der Waals surface area contributed by atoms with Crippen LogP contribution in [-0.4, -0.2) is 22.6 Å². The van der Waals surface area contributed by atoms with Crippen LogP contribution in [0.4, 0.5) is 0 Å². The number of nitrogens with one attached hydrogen (secondary N) is 1. The number of hydrogen-bond acceptors (Lipinski definition) is 5. The summed E-state index contributed by atoms with van der Waals surface area (Å²) in [4.78, 5) is 37.9. The third-order valence-corrected chi connectivity index (χ3v) is 3.43. The second-order valence-corrected chi connectivity index (χ2v) is 4.40. The molecule has 0 saturated heterocycles. The van der Waals surface area contributed by atoms with Gasteiger partial charge in [-0.15, -0.1) is 11.3 Å². The van der Waals surface area contributed by atoms with E-state index in [-0.39, 0.29) is 6.54 Å². The van der Waals surface area contributed by atoms with Crippen LogP contribution in [0, 0.1) is 6.92 Å². The normalized spacial score (nSPS) is 10.7. The minimum Gasteiger partial charge on any atom is -0.468 e. The van der Waals surface area contributed by atoms with E-state index in [9.17, 15) is 14.4 Å².